The molecular weight excluding hydrogens is 236 g/mol. The lowest BCUT2D eigenvalue weighted by atomic mass is 10.2. The fourth-order valence-electron chi connectivity index (χ4n) is 1.08. The Bertz CT molecular complexity index is 266. The molecule has 0 N–H and O–H groups in total. The van der Waals surface area contributed by atoms with E-state index in [1.54, 1.807) is 20.8 Å². The lowest BCUT2D eigenvalue weighted by Gasteiger charge is -2.31. The molecule has 1 amide bonds. The molecule has 0 aromatic heterocycles. The Morgan fingerprint density at radius 2 is 1.94 bits per heavy atom. The Labute approximate surface area is 98.6 Å². The highest BCUT2D eigenvalue weighted by molar-refractivity contribution is 5.77. The highest BCUT2D eigenvalue weighted by Gasteiger charge is 2.32. The number of alkyl halides is 2. The van der Waals surface area contributed by atoms with Crippen LogP contribution in [0.25, 0.3) is 0 Å². The van der Waals surface area contributed by atoms with Crippen LogP contribution in [0.3, 0.4) is 0 Å². The summed E-state index contributed by atoms with van der Waals surface area (Å²) < 4.78 is 29.0. The van der Waals surface area contributed by atoms with Crippen LogP contribution in [-0.2, 0) is 19.2 Å². The molecule has 0 fully saturated rings. The number of hydrogen-bond acceptors (Lipinski definition) is 4. The van der Waals surface area contributed by atoms with Crippen molar-refractivity contribution in [3.63, 3.8) is 0 Å². The Morgan fingerprint density at radius 1 is 1.41 bits per heavy atom. The number of carbonyl (C=O) groups excluding carboxylic acids is 2. The second-order valence-electron chi connectivity index (χ2n) is 4.33. The van der Waals surface area contributed by atoms with Gasteiger partial charge in [0, 0.05) is 6.42 Å². The molecule has 0 aliphatic carbocycles. The van der Waals surface area contributed by atoms with Gasteiger partial charge >= 0.3 is 5.97 Å². The average Bonchev–Trinajstić information content (AvgIpc) is 2.20. The van der Waals surface area contributed by atoms with Gasteiger partial charge < -0.3 is 4.74 Å². The average molecular weight is 253 g/mol. The third-order valence-electron chi connectivity index (χ3n) is 1.67. The molecule has 17 heavy (non-hydrogen) atoms. The highest BCUT2D eigenvalue weighted by atomic mass is 19.3. The van der Waals surface area contributed by atoms with Crippen LogP contribution >= 0.6 is 0 Å². The number of amides is 1. The van der Waals surface area contributed by atoms with Gasteiger partial charge in [-0.05, 0) is 20.8 Å². The summed E-state index contributed by atoms with van der Waals surface area (Å²) in [5.41, 5.74) is -0.782. The van der Waals surface area contributed by atoms with E-state index < -0.39 is 30.5 Å². The van der Waals surface area contributed by atoms with Gasteiger partial charge in [-0.2, -0.15) is 0 Å². The molecule has 0 spiro atoms. The van der Waals surface area contributed by atoms with Gasteiger partial charge in [-0.3, -0.25) is 9.63 Å². The summed E-state index contributed by atoms with van der Waals surface area (Å²) in [6.07, 6.45) is -3.39. The zero-order chi connectivity index (χ0) is 13.6. The normalized spacial score (nSPS) is 13.4. The Kier molecular flexibility index (Phi) is 6.01. The number of carbonyl (C=O) groups is 2. The summed E-state index contributed by atoms with van der Waals surface area (Å²) in [7, 11) is 1.06. The summed E-state index contributed by atoms with van der Waals surface area (Å²) in [4.78, 5) is 27.2. The highest BCUT2D eigenvalue weighted by Crippen LogP contribution is 2.17. The van der Waals surface area contributed by atoms with Crippen molar-refractivity contribution >= 4 is 12.4 Å². The molecule has 0 aliphatic heterocycles. The fraction of sp³-hybridized carbons (Fsp3) is 0.800. The number of rotatable bonds is 6. The van der Waals surface area contributed by atoms with Gasteiger partial charge in [-0.15, -0.1) is 0 Å². The molecule has 0 bridgehead atoms. The predicted molar refractivity (Wildman–Crippen MR) is 55.2 cm³/mol. The maximum atomic E-state index is 12.3. The second kappa shape index (κ2) is 6.48. The van der Waals surface area contributed by atoms with Crippen LogP contribution in [0.15, 0.2) is 0 Å². The third-order valence-corrected chi connectivity index (χ3v) is 1.67. The minimum Gasteiger partial charge on any atom is -0.467 e. The maximum Gasteiger partial charge on any atom is 0.331 e. The van der Waals surface area contributed by atoms with E-state index in [2.05, 4.69) is 4.74 Å². The molecule has 0 aliphatic rings. The van der Waals surface area contributed by atoms with Crippen LogP contribution in [0.1, 0.15) is 27.2 Å². The van der Waals surface area contributed by atoms with E-state index >= 15 is 0 Å². The first-order valence-electron chi connectivity index (χ1n) is 5.00. The summed E-state index contributed by atoms with van der Waals surface area (Å²) in [5.74, 6) is -0.943. The Balaban J connectivity index is 4.84. The minimum absolute atomic E-state index is 0.190. The Hall–Kier alpha value is -1.24. The number of methoxy groups -OCH3 is 1. The molecule has 0 heterocycles. The molecule has 0 rings (SSSR count). The summed E-state index contributed by atoms with van der Waals surface area (Å²) in [5, 5.41) is 0.567. The van der Waals surface area contributed by atoms with E-state index in [9.17, 15) is 18.4 Å². The molecule has 0 saturated heterocycles. The Morgan fingerprint density at radius 3 is 2.24 bits per heavy atom. The van der Waals surface area contributed by atoms with Crippen LogP contribution in [0.5, 0.6) is 0 Å². The van der Waals surface area contributed by atoms with Gasteiger partial charge in [0.2, 0.25) is 12.8 Å². The largest absolute Gasteiger partial charge is 0.467 e. The number of ether oxygens (including phenoxy) is 1. The summed E-state index contributed by atoms with van der Waals surface area (Å²) >= 11 is 0. The third kappa shape index (κ3) is 6.15. The standard InChI is InChI=1S/C10H17F2NO4/c1-10(2,3)17-13(6-14)7(5-8(11)12)9(15)16-4/h6-8H,5H2,1-4H3. The van der Waals surface area contributed by atoms with Gasteiger partial charge in [0.1, 0.15) is 0 Å². The lowest BCUT2D eigenvalue weighted by molar-refractivity contribution is -0.238. The van der Waals surface area contributed by atoms with E-state index in [0.717, 1.165) is 7.11 Å². The second-order valence-corrected chi connectivity index (χ2v) is 4.33. The fourth-order valence-corrected chi connectivity index (χ4v) is 1.08. The number of esters is 1. The first-order chi connectivity index (χ1) is 7.71. The monoisotopic (exact) mass is 253 g/mol. The van der Waals surface area contributed by atoms with E-state index in [4.69, 9.17) is 4.84 Å². The number of hydrogen-bond donors (Lipinski definition) is 0. The molecule has 0 aromatic carbocycles. The van der Waals surface area contributed by atoms with Crippen molar-refractivity contribution < 1.29 is 27.9 Å². The molecule has 100 valence electrons. The number of nitrogens with zero attached hydrogens (tertiary/aromatic N) is 1. The zero-order valence-corrected chi connectivity index (χ0v) is 10.3. The molecule has 0 aromatic rings. The van der Waals surface area contributed by atoms with E-state index in [1.165, 1.54) is 0 Å². The molecule has 0 radical (unpaired) electrons. The molecule has 5 nitrogen and oxygen atoms in total. The van der Waals surface area contributed by atoms with Crippen molar-refractivity contribution in [2.45, 2.75) is 45.3 Å². The van der Waals surface area contributed by atoms with Crippen LogP contribution in [-0.4, -0.2) is 42.6 Å². The predicted octanol–water partition coefficient (Wildman–Crippen LogP) is 1.37. The number of hydroxylamine groups is 2. The van der Waals surface area contributed by atoms with Gasteiger partial charge in [-0.1, -0.05) is 0 Å². The van der Waals surface area contributed by atoms with Crippen molar-refractivity contribution in [2.75, 3.05) is 7.11 Å². The van der Waals surface area contributed by atoms with Crippen molar-refractivity contribution in [1.82, 2.24) is 5.06 Å². The van der Waals surface area contributed by atoms with Crippen LogP contribution in [0.2, 0.25) is 0 Å². The van der Waals surface area contributed by atoms with Crippen LogP contribution in [0.4, 0.5) is 8.78 Å². The summed E-state index contributed by atoms with van der Waals surface area (Å²) in [6.45, 7) is 4.88. The zero-order valence-electron chi connectivity index (χ0n) is 10.3. The topological polar surface area (TPSA) is 55.8 Å². The minimum atomic E-state index is -2.75. The number of halogens is 2. The molecule has 1 atom stereocenters. The van der Waals surface area contributed by atoms with Crippen LogP contribution < -0.4 is 0 Å². The first kappa shape index (κ1) is 15.8. The molecule has 1 unspecified atom stereocenters. The molecule has 0 saturated carbocycles. The maximum absolute atomic E-state index is 12.3. The van der Waals surface area contributed by atoms with Gasteiger partial charge in [0.25, 0.3) is 0 Å². The van der Waals surface area contributed by atoms with Crippen molar-refractivity contribution in [2.24, 2.45) is 0 Å². The summed E-state index contributed by atoms with van der Waals surface area (Å²) in [6, 6.07) is -1.45. The van der Waals surface area contributed by atoms with Gasteiger partial charge in [0.05, 0.1) is 12.7 Å². The van der Waals surface area contributed by atoms with Crippen molar-refractivity contribution in [3.05, 3.63) is 0 Å². The molecule has 7 heteroatoms. The van der Waals surface area contributed by atoms with Crippen molar-refractivity contribution in [1.29, 1.82) is 0 Å². The van der Waals surface area contributed by atoms with E-state index in [0.29, 0.717) is 5.06 Å². The van der Waals surface area contributed by atoms with Gasteiger partial charge in [0.15, 0.2) is 6.04 Å². The van der Waals surface area contributed by atoms with Crippen molar-refractivity contribution in [3.8, 4) is 0 Å². The quantitative estimate of drug-likeness (QED) is 0.407. The van der Waals surface area contributed by atoms with Crippen LogP contribution in [0, 0.1) is 0 Å². The van der Waals surface area contributed by atoms with E-state index in [-0.39, 0.29) is 6.41 Å². The first-order valence-corrected chi connectivity index (χ1v) is 5.00. The lowest BCUT2D eigenvalue weighted by Crippen LogP contribution is -2.46. The van der Waals surface area contributed by atoms with Gasteiger partial charge in [-0.25, -0.2) is 18.6 Å². The smallest absolute Gasteiger partial charge is 0.331 e. The van der Waals surface area contributed by atoms with E-state index in [1.807, 2.05) is 0 Å². The molecular formula is C10H17F2NO4. The SMILES string of the molecule is COC(=O)C(CC(F)F)N(C=O)OC(C)(C)C.